The van der Waals surface area contributed by atoms with Crippen LogP contribution in [0.15, 0.2) is 30.3 Å². The van der Waals surface area contributed by atoms with Gasteiger partial charge in [-0.25, -0.2) is 0 Å². The maximum absolute atomic E-state index is 5.73. The van der Waals surface area contributed by atoms with Crippen molar-refractivity contribution < 1.29 is 4.74 Å². The molecular weight excluding hydrogens is 224 g/mol. The molecule has 0 radical (unpaired) electrons. The molecule has 2 aromatic rings. The van der Waals surface area contributed by atoms with Crippen molar-refractivity contribution in [2.45, 2.75) is 33.6 Å². The van der Waals surface area contributed by atoms with Gasteiger partial charge in [-0.15, -0.1) is 5.10 Å². The summed E-state index contributed by atoms with van der Waals surface area (Å²) in [6, 6.07) is 9.89. The molecule has 0 aliphatic rings. The topological polar surface area (TPSA) is 35.0 Å². The highest BCUT2D eigenvalue weighted by atomic mass is 16.5. The second kappa shape index (κ2) is 5.17. The van der Waals surface area contributed by atoms with Crippen LogP contribution in [-0.2, 0) is 0 Å². The first-order valence-corrected chi connectivity index (χ1v) is 6.15. The Morgan fingerprint density at radius 3 is 2.33 bits per heavy atom. The zero-order valence-corrected chi connectivity index (χ0v) is 11.3. The molecule has 94 valence electrons. The first-order chi connectivity index (χ1) is 8.56. The number of aryl methyl sites for hydroxylation is 2. The molecule has 0 amide bonds. The molecule has 0 aliphatic carbocycles. The summed E-state index contributed by atoms with van der Waals surface area (Å²) in [6.07, 6.45) is 0. The number of rotatable bonds is 3. The summed E-state index contributed by atoms with van der Waals surface area (Å²) >= 11 is 0. The van der Waals surface area contributed by atoms with E-state index in [1.54, 1.807) is 0 Å². The lowest BCUT2D eigenvalue weighted by atomic mass is 10.1. The molecule has 2 rings (SSSR count). The third kappa shape index (κ3) is 2.86. The van der Waals surface area contributed by atoms with Crippen molar-refractivity contribution in [3.63, 3.8) is 0 Å². The SMILES string of the molecule is Cc1ccc(Oc2ccc(C(C)C)nn2)c(C)c1. The Labute approximate surface area is 108 Å². The molecular formula is C15H18N2O. The van der Waals surface area contributed by atoms with E-state index in [-0.39, 0.29) is 0 Å². The average molecular weight is 242 g/mol. The van der Waals surface area contributed by atoms with Crippen molar-refractivity contribution in [1.82, 2.24) is 10.2 Å². The Balaban J connectivity index is 2.18. The third-order valence-corrected chi connectivity index (χ3v) is 2.80. The Morgan fingerprint density at radius 2 is 1.78 bits per heavy atom. The highest BCUT2D eigenvalue weighted by molar-refractivity contribution is 5.37. The van der Waals surface area contributed by atoms with Crippen molar-refractivity contribution in [3.05, 3.63) is 47.2 Å². The van der Waals surface area contributed by atoms with Gasteiger partial charge in [0.1, 0.15) is 5.75 Å². The Bertz CT molecular complexity index is 533. The molecule has 0 saturated carbocycles. The molecule has 1 heterocycles. The highest BCUT2D eigenvalue weighted by Crippen LogP contribution is 2.24. The summed E-state index contributed by atoms with van der Waals surface area (Å²) < 4.78 is 5.73. The second-order valence-corrected chi connectivity index (χ2v) is 4.82. The predicted molar refractivity (Wildman–Crippen MR) is 72.1 cm³/mol. The van der Waals surface area contributed by atoms with Crippen LogP contribution >= 0.6 is 0 Å². The molecule has 0 bridgehead atoms. The van der Waals surface area contributed by atoms with E-state index in [0.717, 1.165) is 17.0 Å². The molecule has 3 nitrogen and oxygen atoms in total. The number of benzene rings is 1. The monoisotopic (exact) mass is 242 g/mol. The first-order valence-electron chi connectivity index (χ1n) is 6.15. The molecule has 3 heteroatoms. The normalized spacial score (nSPS) is 10.7. The van der Waals surface area contributed by atoms with Crippen LogP contribution in [0.1, 0.15) is 36.6 Å². The number of hydrogen-bond acceptors (Lipinski definition) is 3. The van der Waals surface area contributed by atoms with Crippen LogP contribution in [0.25, 0.3) is 0 Å². The molecule has 0 unspecified atom stereocenters. The Kier molecular flexibility index (Phi) is 3.60. The summed E-state index contributed by atoms with van der Waals surface area (Å²) in [4.78, 5) is 0. The lowest BCUT2D eigenvalue weighted by Gasteiger charge is -2.09. The van der Waals surface area contributed by atoms with Gasteiger partial charge in [0.2, 0.25) is 5.88 Å². The van der Waals surface area contributed by atoms with Gasteiger partial charge in [-0.1, -0.05) is 31.5 Å². The molecule has 0 spiro atoms. The van der Waals surface area contributed by atoms with E-state index in [2.05, 4.69) is 37.0 Å². The minimum absolute atomic E-state index is 0.382. The lowest BCUT2D eigenvalue weighted by molar-refractivity contribution is 0.450. The number of aromatic nitrogens is 2. The van der Waals surface area contributed by atoms with Gasteiger partial charge in [-0.2, -0.15) is 5.10 Å². The van der Waals surface area contributed by atoms with Crippen LogP contribution in [0, 0.1) is 13.8 Å². The zero-order chi connectivity index (χ0) is 13.1. The fraction of sp³-hybridized carbons (Fsp3) is 0.333. The van der Waals surface area contributed by atoms with Crippen LogP contribution < -0.4 is 4.74 Å². The third-order valence-electron chi connectivity index (χ3n) is 2.80. The molecule has 0 fully saturated rings. The highest BCUT2D eigenvalue weighted by Gasteiger charge is 2.05. The first kappa shape index (κ1) is 12.6. The van der Waals surface area contributed by atoms with Gasteiger partial charge in [-0.3, -0.25) is 0 Å². The summed E-state index contributed by atoms with van der Waals surface area (Å²) in [6.45, 7) is 8.27. The van der Waals surface area contributed by atoms with E-state index in [4.69, 9.17) is 4.74 Å². The summed E-state index contributed by atoms with van der Waals surface area (Å²) in [5.41, 5.74) is 3.30. The molecule has 0 saturated heterocycles. The van der Waals surface area contributed by atoms with Gasteiger partial charge in [0, 0.05) is 6.07 Å². The molecule has 0 atom stereocenters. The van der Waals surface area contributed by atoms with E-state index in [0.29, 0.717) is 11.8 Å². The molecule has 18 heavy (non-hydrogen) atoms. The zero-order valence-electron chi connectivity index (χ0n) is 11.3. The van der Waals surface area contributed by atoms with Gasteiger partial charge < -0.3 is 4.74 Å². The van der Waals surface area contributed by atoms with Crippen molar-refractivity contribution in [2.24, 2.45) is 0 Å². The van der Waals surface area contributed by atoms with Crippen molar-refractivity contribution >= 4 is 0 Å². The average Bonchev–Trinajstić information content (AvgIpc) is 2.33. The largest absolute Gasteiger partial charge is 0.437 e. The Morgan fingerprint density at radius 1 is 1.00 bits per heavy atom. The predicted octanol–water partition coefficient (Wildman–Crippen LogP) is 4.01. The minimum Gasteiger partial charge on any atom is -0.437 e. The molecule has 0 aliphatic heterocycles. The summed E-state index contributed by atoms with van der Waals surface area (Å²) in [5, 5.41) is 8.23. The number of hydrogen-bond donors (Lipinski definition) is 0. The van der Waals surface area contributed by atoms with Crippen LogP contribution in [0.4, 0.5) is 0 Å². The lowest BCUT2D eigenvalue weighted by Crippen LogP contribution is -1.97. The maximum Gasteiger partial charge on any atom is 0.238 e. The molecule has 0 N–H and O–H groups in total. The van der Waals surface area contributed by atoms with Crippen LogP contribution in [0.2, 0.25) is 0 Å². The van der Waals surface area contributed by atoms with Gasteiger partial charge in [-0.05, 0) is 37.5 Å². The maximum atomic E-state index is 5.73. The summed E-state index contributed by atoms with van der Waals surface area (Å²) in [5.74, 6) is 1.74. The fourth-order valence-corrected chi connectivity index (χ4v) is 1.72. The van der Waals surface area contributed by atoms with E-state index < -0.39 is 0 Å². The van der Waals surface area contributed by atoms with Gasteiger partial charge in [0.15, 0.2) is 0 Å². The van der Waals surface area contributed by atoms with Gasteiger partial charge in [0.05, 0.1) is 5.69 Å². The van der Waals surface area contributed by atoms with Crippen LogP contribution in [-0.4, -0.2) is 10.2 Å². The van der Waals surface area contributed by atoms with E-state index in [9.17, 15) is 0 Å². The summed E-state index contributed by atoms with van der Waals surface area (Å²) in [7, 11) is 0. The van der Waals surface area contributed by atoms with Gasteiger partial charge in [0.25, 0.3) is 0 Å². The van der Waals surface area contributed by atoms with Crippen LogP contribution in [0.3, 0.4) is 0 Å². The molecule has 1 aromatic heterocycles. The molecule has 1 aromatic carbocycles. The second-order valence-electron chi connectivity index (χ2n) is 4.82. The van der Waals surface area contributed by atoms with Crippen molar-refractivity contribution in [3.8, 4) is 11.6 Å². The van der Waals surface area contributed by atoms with Crippen LogP contribution in [0.5, 0.6) is 11.6 Å². The smallest absolute Gasteiger partial charge is 0.238 e. The van der Waals surface area contributed by atoms with Crippen molar-refractivity contribution in [2.75, 3.05) is 0 Å². The van der Waals surface area contributed by atoms with Crippen molar-refractivity contribution in [1.29, 1.82) is 0 Å². The number of nitrogens with zero attached hydrogens (tertiary/aromatic N) is 2. The fourth-order valence-electron chi connectivity index (χ4n) is 1.72. The quantitative estimate of drug-likeness (QED) is 0.815. The van der Waals surface area contributed by atoms with E-state index in [1.165, 1.54) is 5.56 Å². The van der Waals surface area contributed by atoms with E-state index in [1.807, 2.05) is 31.2 Å². The van der Waals surface area contributed by atoms with E-state index >= 15 is 0 Å². The Hall–Kier alpha value is -1.90. The van der Waals surface area contributed by atoms with Gasteiger partial charge >= 0.3 is 0 Å². The standard InChI is InChI=1S/C15H18N2O/c1-10(2)13-6-8-15(17-16-13)18-14-7-5-11(3)9-12(14)4/h5-10H,1-4H3. The minimum atomic E-state index is 0.382. The number of ether oxygens (including phenoxy) is 1.